The Morgan fingerprint density at radius 3 is 2.80 bits per heavy atom. The molecule has 7 heteroatoms. The summed E-state index contributed by atoms with van der Waals surface area (Å²) in [4.78, 5) is 16.5. The van der Waals surface area contributed by atoms with Crippen LogP contribution >= 0.6 is 11.8 Å². The Labute approximate surface area is 149 Å². The normalized spacial score (nSPS) is 10.2. The molecule has 0 saturated heterocycles. The number of benzene rings is 2. The van der Waals surface area contributed by atoms with Gasteiger partial charge in [-0.2, -0.15) is 5.26 Å². The van der Waals surface area contributed by atoms with Crippen molar-refractivity contribution < 1.29 is 4.79 Å². The second-order valence-corrected chi connectivity index (χ2v) is 6.15. The first-order valence-corrected chi connectivity index (χ1v) is 8.47. The summed E-state index contributed by atoms with van der Waals surface area (Å²) in [5.74, 6) is 5.90. The highest BCUT2D eigenvalue weighted by molar-refractivity contribution is 7.99. The van der Waals surface area contributed by atoms with Crippen LogP contribution in [0.25, 0.3) is 11.3 Å². The van der Waals surface area contributed by atoms with Gasteiger partial charge in [0.15, 0.2) is 5.16 Å². The molecule has 1 aromatic heterocycles. The third-order valence-electron chi connectivity index (χ3n) is 3.38. The average Bonchev–Trinajstić information content (AvgIpc) is 3.02. The first kappa shape index (κ1) is 16.6. The van der Waals surface area contributed by atoms with Gasteiger partial charge in [-0.05, 0) is 18.2 Å². The van der Waals surface area contributed by atoms with Crippen LogP contribution in [0.5, 0.6) is 0 Å². The Kier molecular flexibility index (Phi) is 5.02. The molecule has 2 aromatic carbocycles. The van der Waals surface area contributed by atoms with Gasteiger partial charge in [0, 0.05) is 11.3 Å². The molecular formula is C18H15N5OS. The average molecular weight is 349 g/mol. The summed E-state index contributed by atoms with van der Waals surface area (Å²) < 4.78 is 1.41. The second kappa shape index (κ2) is 7.55. The number of nitrogens with one attached hydrogen (secondary N) is 1. The molecule has 1 amide bonds. The Morgan fingerprint density at radius 1 is 1.24 bits per heavy atom. The fourth-order valence-electron chi connectivity index (χ4n) is 2.23. The maximum Gasteiger partial charge on any atom is 0.234 e. The fraction of sp³-hybridized carbons (Fsp3) is 0.0556. The maximum absolute atomic E-state index is 12.1. The zero-order valence-corrected chi connectivity index (χ0v) is 14.0. The van der Waals surface area contributed by atoms with E-state index in [1.165, 1.54) is 16.4 Å². The molecule has 0 aliphatic heterocycles. The molecule has 0 unspecified atom stereocenters. The predicted molar refractivity (Wildman–Crippen MR) is 98.3 cm³/mol. The number of anilines is 1. The number of aromatic nitrogens is 2. The molecule has 1 heterocycles. The minimum Gasteiger partial charge on any atom is -0.337 e. The molecule has 25 heavy (non-hydrogen) atoms. The van der Waals surface area contributed by atoms with Gasteiger partial charge in [0.25, 0.3) is 0 Å². The molecule has 0 saturated carbocycles. The van der Waals surface area contributed by atoms with Gasteiger partial charge in [0.2, 0.25) is 5.91 Å². The van der Waals surface area contributed by atoms with Crippen LogP contribution in [0.15, 0.2) is 66.0 Å². The van der Waals surface area contributed by atoms with Crippen molar-refractivity contribution in [2.24, 2.45) is 0 Å². The third-order valence-corrected chi connectivity index (χ3v) is 4.34. The van der Waals surface area contributed by atoms with Gasteiger partial charge < -0.3 is 11.2 Å². The zero-order valence-electron chi connectivity index (χ0n) is 13.2. The van der Waals surface area contributed by atoms with Crippen LogP contribution in [0.1, 0.15) is 5.56 Å². The van der Waals surface area contributed by atoms with Crippen molar-refractivity contribution in [1.29, 1.82) is 5.26 Å². The zero-order chi connectivity index (χ0) is 17.6. The van der Waals surface area contributed by atoms with E-state index in [0.717, 1.165) is 11.3 Å². The molecule has 3 aromatic rings. The lowest BCUT2D eigenvalue weighted by Crippen LogP contribution is -2.15. The van der Waals surface area contributed by atoms with Gasteiger partial charge >= 0.3 is 0 Å². The van der Waals surface area contributed by atoms with Crippen LogP contribution in [0, 0.1) is 11.3 Å². The van der Waals surface area contributed by atoms with E-state index in [1.807, 2.05) is 36.4 Å². The minimum atomic E-state index is -0.190. The summed E-state index contributed by atoms with van der Waals surface area (Å²) >= 11 is 1.25. The van der Waals surface area contributed by atoms with Crippen LogP contribution in [-0.4, -0.2) is 21.3 Å². The molecule has 0 spiro atoms. The van der Waals surface area contributed by atoms with Gasteiger partial charge in [0.05, 0.1) is 29.3 Å². The number of thioether (sulfide) groups is 1. The van der Waals surface area contributed by atoms with Crippen LogP contribution in [0.3, 0.4) is 0 Å². The van der Waals surface area contributed by atoms with Crippen molar-refractivity contribution in [2.45, 2.75) is 5.16 Å². The molecule has 6 nitrogen and oxygen atoms in total. The predicted octanol–water partition coefficient (Wildman–Crippen LogP) is 2.87. The third kappa shape index (κ3) is 4.19. The Morgan fingerprint density at radius 2 is 2.04 bits per heavy atom. The van der Waals surface area contributed by atoms with E-state index in [-0.39, 0.29) is 11.7 Å². The topological polar surface area (TPSA) is 96.7 Å². The first-order chi connectivity index (χ1) is 12.2. The fourth-order valence-corrected chi connectivity index (χ4v) is 2.92. The Bertz CT molecular complexity index is 930. The van der Waals surface area contributed by atoms with Gasteiger partial charge in [-0.25, -0.2) is 9.66 Å². The SMILES string of the molecule is N#Cc1cccc(NC(=O)CSc2nc(-c3ccccc3)cn2N)c1. The van der Waals surface area contributed by atoms with Crippen molar-refractivity contribution >= 4 is 23.4 Å². The lowest BCUT2D eigenvalue weighted by molar-refractivity contribution is -0.113. The van der Waals surface area contributed by atoms with Crippen molar-refractivity contribution in [3.05, 3.63) is 66.4 Å². The number of nitrogen functional groups attached to an aromatic ring is 1. The molecule has 0 fully saturated rings. The van der Waals surface area contributed by atoms with E-state index in [9.17, 15) is 4.79 Å². The number of carbonyl (C=O) groups excluding carboxylic acids is 1. The van der Waals surface area contributed by atoms with Gasteiger partial charge in [-0.1, -0.05) is 48.2 Å². The van der Waals surface area contributed by atoms with Gasteiger partial charge in [-0.3, -0.25) is 4.79 Å². The van der Waals surface area contributed by atoms with E-state index < -0.39 is 0 Å². The number of hydrogen-bond donors (Lipinski definition) is 2. The van der Waals surface area contributed by atoms with Crippen molar-refractivity contribution in [3.63, 3.8) is 0 Å². The van der Waals surface area contributed by atoms with Crippen LogP contribution < -0.4 is 11.2 Å². The summed E-state index contributed by atoms with van der Waals surface area (Å²) in [6.45, 7) is 0. The van der Waals surface area contributed by atoms with E-state index in [4.69, 9.17) is 11.1 Å². The van der Waals surface area contributed by atoms with E-state index >= 15 is 0 Å². The standard InChI is InChI=1S/C18H15N5OS/c19-10-13-5-4-8-15(9-13)21-17(24)12-25-18-22-16(11-23(18)20)14-6-2-1-3-7-14/h1-9,11H,12,20H2,(H,21,24). The molecular weight excluding hydrogens is 334 g/mol. The number of carbonyl (C=O) groups is 1. The molecule has 0 atom stereocenters. The molecule has 3 N–H and O–H groups in total. The molecule has 0 radical (unpaired) electrons. The molecule has 0 aliphatic rings. The summed E-state index contributed by atoms with van der Waals surface area (Å²) in [5, 5.41) is 12.2. The summed E-state index contributed by atoms with van der Waals surface area (Å²) in [6.07, 6.45) is 1.73. The second-order valence-electron chi connectivity index (χ2n) is 5.21. The summed E-state index contributed by atoms with van der Waals surface area (Å²) in [6, 6.07) is 18.5. The smallest absolute Gasteiger partial charge is 0.234 e. The van der Waals surface area contributed by atoms with E-state index in [1.54, 1.807) is 30.5 Å². The number of hydrogen-bond acceptors (Lipinski definition) is 5. The summed E-state index contributed by atoms with van der Waals surface area (Å²) in [7, 11) is 0. The van der Waals surface area contributed by atoms with Gasteiger partial charge in [0.1, 0.15) is 0 Å². The van der Waals surface area contributed by atoms with Crippen LogP contribution in [0.2, 0.25) is 0 Å². The lowest BCUT2D eigenvalue weighted by atomic mass is 10.2. The van der Waals surface area contributed by atoms with Crippen molar-refractivity contribution in [3.8, 4) is 17.3 Å². The van der Waals surface area contributed by atoms with Crippen LogP contribution in [-0.2, 0) is 4.79 Å². The number of rotatable bonds is 5. The van der Waals surface area contributed by atoms with Crippen molar-refractivity contribution in [2.75, 3.05) is 16.9 Å². The summed E-state index contributed by atoms with van der Waals surface area (Å²) in [5.41, 5.74) is 2.81. The molecule has 0 aliphatic carbocycles. The van der Waals surface area contributed by atoms with E-state index in [2.05, 4.69) is 10.3 Å². The largest absolute Gasteiger partial charge is 0.337 e. The quantitative estimate of drug-likeness (QED) is 0.545. The Balaban J connectivity index is 1.62. The van der Waals surface area contributed by atoms with Crippen molar-refractivity contribution in [1.82, 2.24) is 9.66 Å². The maximum atomic E-state index is 12.1. The number of nitrogens with zero attached hydrogens (tertiary/aromatic N) is 3. The molecule has 0 bridgehead atoms. The van der Waals surface area contributed by atoms with Gasteiger partial charge in [-0.15, -0.1) is 0 Å². The minimum absolute atomic E-state index is 0.166. The number of imidazole rings is 1. The molecule has 124 valence electrons. The van der Waals surface area contributed by atoms with E-state index in [0.29, 0.717) is 16.4 Å². The Hall–Kier alpha value is -3.24. The monoisotopic (exact) mass is 349 g/mol. The highest BCUT2D eigenvalue weighted by Gasteiger charge is 2.11. The lowest BCUT2D eigenvalue weighted by Gasteiger charge is -2.05. The van der Waals surface area contributed by atoms with Crippen LogP contribution in [0.4, 0.5) is 5.69 Å². The highest BCUT2D eigenvalue weighted by Crippen LogP contribution is 2.22. The first-order valence-electron chi connectivity index (χ1n) is 7.48. The molecule has 3 rings (SSSR count). The number of nitriles is 1. The number of nitrogens with two attached hydrogens (primary N) is 1. The highest BCUT2D eigenvalue weighted by atomic mass is 32.2. The number of amides is 1.